The van der Waals surface area contributed by atoms with Gasteiger partial charge < -0.3 is 25.6 Å². The van der Waals surface area contributed by atoms with E-state index in [0.717, 1.165) is 56.2 Å². The standard InChI is InChI=1S/C24H36N4O4/c1-3-26-21(30)15-28(2)24(31)22(17-9-10-17)27-14-20-12-11-19-7-4-6-18(23(19)32-20)8-5-13-25-16-29/h4,6-7,16-17,20,22,27H,3,5,8-15H2,1-2H3,(H,25,29)(H,26,30). The average Bonchev–Trinajstić information content (AvgIpc) is 3.62. The number of aryl methyl sites for hydroxylation is 2. The van der Waals surface area contributed by atoms with Crippen LogP contribution in [0.15, 0.2) is 18.2 Å². The van der Waals surface area contributed by atoms with Crippen LogP contribution >= 0.6 is 0 Å². The summed E-state index contributed by atoms with van der Waals surface area (Å²) in [6, 6.07) is 5.99. The Bertz CT molecular complexity index is 796. The first-order valence-corrected chi connectivity index (χ1v) is 11.7. The van der Waals surface area contributed by atoms with Crippen LogP contribution in [0, 0.1) is 5.92 Å². The number of hydrogen-bond donors (Lipinski definition) is 3. The van der Waals surface area contributed by atoms with Gasteiger partial charge in [0.15, 0.2) is 0 Å². The third kappa shape index (κ3) is 6.69. The Hall–Kier alpha value is -2.61. The molecule has 1 aliphatic carbocycles. The number of ether oxygens (including phenoxy) is 1. The van der Waals surface area contributed by atoms with E-state index in [4.69, 9.17) is 4.74 Å². The minimum atomic E-state index is -0.274. The zero-order valence-electron chi connectivity index (χ0n) is 19.2. The Kier molecular flexibility index (Phi) is 8.90. The quantitative estimate of drug-likeness (QED) is 0.312. The molecule has 176 valence electrons. The smallest absolute Gasteiger partial charge is 0.240 e. The van der Waals surface area contributed by atoms with Crippen molar-refractivity contribution in [2.45, 2.75) is 57.6 Å². The van der Waals surface area contributed by atoms with Crippen molar-refractivity contribution in [2.24, 2.45) is 5.92 Å². The molecule has 0 radical (unpaired) electrons. The molecule has 0 bridgehead atoms. The summed E-state index contributed by atoms with van der Waals surface area (Å²) in [5, 5.41) is 8.89. The molecule has 2 atom stereocenters. The van der Waals surface area contributed by atoms with Crippen LogP contribution in [0.1, 0.15) is 43.7 Å². The number of rotatable bonds is 13. The van der Waals surface area contributed by atoms with Crippen LogP contribution < -0.4 is 20.7 Å². The minimum Gasteiger partial charge on any atom is -0.489 e. The summed E-state index contributed by atoms with van der Waals surface area (Å²) in [4.78, 5) is 36.8. The number of benzene rings is 1. The van der Waals surface area contributed by atoms with Gasteiger partial charge in [-0.1, -0.05) is 18.2 Å². The number of nitrogens with one attached hydrogen (secondary N) is 3. The summed E-state index contributed by atoms with van der Waals surface area (Å²) >= 11 is 0. The molecule has 32 heavy (non-hydrogen) atoms. The van der Waals surface area contributed by atoms with Gasteiger partial charge in [-0.05, 0) is 62.5 Å². The van der Waals surface area contributed by atoms with E-state index in [1.807, 2.05) is 6.92 Å². The summed E-state index contributed by atoms with van der Waals surface area (Å²) < 4.78 is 6.37. The van der Waals surface area contributed by atoms with Crippen LogP contribution in [0.4, 0.5) is 0 Å². The molecular weight excluding hydrogens is 408 g/mol. The van der Waals surface area contributed by atoms with Gasteiger partial charge in [-0.3, -0.25) is 14.4 Å². The lowest BCUT2D eigenvalue weighted by Gasteiger charge is -2.30. The summed E-state index contributed by atoms with van der Waals surface area (Å²) in [6.45, 7) is 3.74. The second-order valence-corrected chi connectivity index (χ2v) is 8.73. The van der Waals surface area contributed by atoms with E-state index >= 15 is 0 Å². The van der Waals surface area contributed by atoms with E-state index in [9.17, 15) is 14.4 Å². The Morgan fingerprint density at radius 1 is 1.28 bits per heavy atom. The van der Waals surface area contributed by atoms with E-state index in [-0.39, 0.29) is 30.5 Å². The monoisotopic (exact) mass is 444 g/mol. The first-order chi connectivity index (χ1) is 15.5. The van der Waals surface area contributed by atoms with E-state index in [2.05, 4.69) is 34.1 Å². The normalized spacial score (nSPS) is 18.1. The molecular formula is C24H36N4O4. The number of nitrogens with zero attached hydrogens (tertiary/aromatic N) is 1. The number of carbonyl (C=O) groups excluding carboxylic acids is 3. The molecule has 3 N–H and O–H groups in total. The molecule has 1 saturated carbocycles. The van der Waals surface area contributed by atoms with E-state index in [1.165, 1.54) is 10.5 Å². The molecule has 8 nitrogen and oxygen atoms in total. The van der Waals surface area contributed by atoms with E-state index < -0.39 is 0 Å². The molecule has 1 heterocycles. The minimum absolute atomic E-state index is 0.000466. The molecule has 8 heteroatoms. The number of likely N-dealkylation sites (N-methyl/N-ethyl adjacent to an activating group) is 2. The van der Waals surface area contributed by atoms with Crippen LogP contribution in [0.3, 0.4) is 0 Å². The maximum absolute atomic E-state index is 13.0. The predicted octanol–water partition coefficient (Wildman–Crippen LogP) is 1.02. The number of amides is 3. The number of hydrogen-bond acceptors (Lipinski definition) is 5. The predicted molar refractivity (Wildman–Crippen MR) is 122 cm³/mol. The summed E-state index contributed by atoms with van der Waals surface area (Å²) in [7, 11) is 1.69. The lowest BCUT2D eigenvalue weighted by atomic mass is 9.97. The zero-order valence-corrected chi connectivity index (χ0v) is 19.2. The highest BCUT2D eigenvalue weighted by atomic mass is 16.5. The SMILES string of the molecule is CCNC(=O)CN(C)C(=O)C(NCC1CCc2cccc(CCCNC=O)c2O1)C1CC1. The molecule has 1 aromatic carbocycles. The van der Waals surface area contributed by atoms with Crippen molar-refractivity contribution in [1.29, 1.82) is 0 Å². The van der Waals surface area contributed by atoms with Crippen LogP contribution in [-0.4, -0.2) is 68.5 Å². The first-order valence-electron chi connectivity index (χ1n) is 11.7. The highest BCUT2D eigenvalue weighted by Crippen LogP contribution is 2.34. The fraction of sp³-hybridized carbons (Fsp3) is 0.625. The van der Waals surface area contributed by atoms with Crippen LogP contribution in [0.25, 0.3) is 0 Å². The van der Waals surface area contributed by atoms with Gasteiger partial charge in [0.2, 0.25) is 18.2 Å². The van der Waals surface area contributed by atoms with E-state index in [1.54, 1.807) is 7.05 Å². The van der Waals surface area contributed by atoms with Gasteiger partial charge in [-0.25, -0.2) is 0 Å². The summed E-state index contributed by atoms with van der Waals surface area (Å²) in [6.07, 6.45) is 6.34. The Labute approximate surface area is 190 Å². The Morgan fingerprint density at radius 3 is 2.81 bits per heavy atom. The second kappa shape index (κ2) is 11.9. The van der Waals surface area contributed by atoms with Gasteiger partial charge >= 0.3 is 0 Å². The first kappa shape index (κ1) is 24.0. The summed E-state index contributed by atoms with van der Waals surface area (Å²) in [5.74, 6) is 1.12. The zero-order chi connectivity index (χ0) is 22.9. The number of carbonyl (C=O) groups is 3. The molecule has 0 aromatic heterocycles. The molecule has 1 aliphatic heterocycles. The third-order valence-corrected chi connectivity index (χ3v) is 6.10. The number of fused-ring (bicyclic) bond motifs is 1. The van der Waals surface area contributed by atoms with E-state index in [0.29, 0.717) is 25.6 Å². The van der Waals surface area contributed by atoms with Crippen molar-refractivity contribution in [3.05, 3.63) is 29.3 Å². The van der Waals surface area contributed by atoms with Gasteiger partial charge in [0.1, 0.15) is 11.9 Å². The highest BCUT2D eigenvalue weighted by Gasteiger charge is 2.38. The topological polar surface area (TPSA) is 99.8 Å². The average molecular weight is 445 g/mol. The Balaban J connectivity index is 1.55. The lowest BCUT2D eigenvalue weighted by molar-refractivity contribution is -0.136. The molecule has 3 rings (SSSR count). The molecule has 3 amide bonds. The maximum atomic E-state index is 13.0. The fourth-order valence-electron chi connectivity index (χ4n) is 4.24. The van der Waals surface area contributed by atoms with Gasteiger partial charge in [0, 0.05) is 26.7 Å². The molecule has 2 aliphatic rings. The van der Waals surface area contributed by atoms with Crippen LogP contribution in [-0.2, 0) is 27.2 Å². The molecule has 1 aromatic rings. The molecule has 0 spiro atoms. The van der Waals surface area contributed by atoms with Crippen LogP contribution in [0.5, 0.6) is 5.75 Å². The largest absolute Gasteiger partial charge is 0.489 e. The second-order valence-electron chi connectivity index (χ2n) is 8.73. The Morgan fingerprint density at radius 2 is 2.09 bits per heavy atom. The van der Waals surface area contributed by atoms with Crippen LogP contribution in [0.2, 0.25) is 0 Å². The third-order valence-electron chi connectivity index (χ3n) is 6.10. The van der Waals surface area contributed by atoms with Gasteiger partial charge in [0.05, 0.1) is 12.6 Å². The molecule has 0 saturated heterocycles. The van der Waals surface area contributed by atoms with Crippen molar-refractivity contribution in [3.8, 4) is 5.75 Å². The molecule has 1 fully saturated rings. The van der Waals surface area contributed by atoms with Crippen molar-refractivity contribution < 1.29 is 19.1 Å². The van der Waals surface area contributed by atoms with Gasteiger partial charge in [-0.15, -0.1) is 0 Å². The van der Waals surface area contributed by atoms with Crippen molar-refractivity contribution in [1.82, 2.24) is 20.9 Å². The summed E-state index contributed by atoms with van der Waals surface area (Å²) in [5.41, 5.74) is 2.38. The number of para-hydroxylation sites is 1. The fourth-order valence-corrected chi connectivity index (χ4v) is 4.24. The van der Waals surface area contributed by atoms with Crippen molar-refractivity contribution >= 4 is 18.2 Å². The van der Waals surface area contributed by atoms with Gasteiger partial charge in [0.25, 0.3) is 0 Å². The van der Waals surface area contributed by atoms with Crippen molar-refractivity contribution in [2.75, 3.05) is 33.2 Å². The van der Waals surface area contributed by atoms with Gasteiger partial charge in [-0.2, -0.15) is 0 Å². The molecule has 2 unspecified atom stereocenters. The highest BCUT2D eigenvalue weighted by molar-refractivity contribution is 5.87. The van der Waals surface area contributed by atoms with Crippen molar-refractivity contribution in [3.63, 3.8) is 0 Å². The maximum Gasteiger partial charge on any atom is 0.240 e. The lowest BCUT2D eigenvalue weighted by Crippen LogP contribution is -2.51.